The molecule has 0 bridgehead atoms. The Balaban J connectivity index is 1.81. The number of phenolic OH excluding ortho intramolecular Hbond substituents is 1. The minimum absolute atomic E-state index is 0.153. The van der Waals surface area contributed by atoms with Crippen LogP contribution in [0.2, 0.25) is 0 Å². The molecule has 1 aliphatic heterocycles. The van der Waals surface area contributed by atoms with Gasteiger partial charge < -0.3 is 9.63 Å². The van der Waals surface area contributed by atoms with Crippen LogP contribution in [0.25, 0.3) is 0 Å². The monoisotopic (exact) mass is 308 g/mol. The minimum atomic E-state index is -3.45. The lowest BCUT2D eigenvalue weighted by Gasteiger charge is -2.27. The average molecular weight is 308 g/mol. The summed E-state index contributed by atoms with van der Waals surface area (Å²) in [6.45, 7) is 2.45. The van der Waals surface area contributed by atoms with E-state index >= 15 is 0 Å². The smallest absolute Gasteiger partial charge is 0.220 e. The van der Waals surface area contributed by atoms with E-state index in [2.05, 4.69) is 5.16 Å². The third-order valence-corrected chi connectivity index (χ3v) is 5.33. The molecule has 0 unspecified atom stereocenters. The standard InChI is InChI=1S/C14H16N2O4S/c1-10-6-13(15-20-10)9-21(18,19)16-5-4-11-2-3-14(17)7-12(11)8-16/h2-3,6-7,17H,4-5,8-9H2,1H3. The normalized spacial score (nSPS) is 15.9. The highest BCUT2D eigenvalue weighted by Crippen LogP contribution is 2.25. The summed E-state index contributed by atoms with van der Waals surface area (Å²) < 4.78 is 31.2. The predicted octanol–water partition coefficient (Wildman–Crippen LogP) is 1.58. The number of aromatic nitrogens is 1. The van der Waals surface area contributed by atoms with Crippen LogP contribution in [0.15, 0.2) is 28.8 Å². The van der Waals surface area contributed by atoms with Crippen molar-refractivity contribution in [2.24, 2.45) is 0 Å². The van der Waals surface area contributed by atoms with Crippen LogP contribution >= 0.6 is 0 Å². The SMILES string of the molecule is Cc1cc(CS(=O)(=O)N2CCc3ccc(O)cc3C2)no1. The number of hydrogen-bond donors (Lipinski definition) is 1. The van der Waals surface area contributed by atoms with Gasteiger partial charge >= 0.3 is 0 Å². The number of aryl methyl sites for hydroxylation is 1. The molecule has 3 rings (SSSR count). The number of sulfonamides is 1. The van der Waals surface area contributed by atoms with Crippen LogP contribution in [0.1, 0.15) is 22.6 Å². The predicted molar refractivity (Wildman–Crippen MR) is 76.1 cm³/mol. The molecule has 0 spiro atoms. The van der Waals surface area contributed by atoms with Gasteiger partial charge in [-0.05, 0) is 36.6 Å². The summed E-state index contributed by atoms with van der Waals surface area (Å²) in [4.78, 5) is 0. The molecular formula is C14H16N2O4S. The summed E-state index contributed by atoms with van der Waals surface area (Å²) in [5, 5.41) is 13.3. The molecule has 0 radical (unpaired) electrons. The molecule has 7 heteroatoms. The maximum absolute atomic E-state index is 12.4. The molecule has 0 aliphatic carbocycles. The molecule has 0 amide bonds. The highest BCUT2D eigenvalue weighted by molar-refractivity contribution is 7.88. The van der Waals surface area contributed by atoms with Gasteiger partial charge in [-0.3, -0.25) is 0 Å². The number of fused-ring (bicyclic) bond motifs is 1. The van der Waals surface area contributed by atoms with Gasteiger partial charge in [0.2, 0.25) is 10.0 Å². The average Bonchev–Trinajstić information content (AvgIpc) is 2.82. The lowest BCUT2D eigenvalue weighted by atomic mass is 10.0. The quantitative estimate of drug-likeness (QED) is 0.930. The third-order valence-electron chi connectivity index (χ3n) is 3.57. The van der Waals surface area contributed by atoms with Crippen LogP contribution in [0.3, 0.4) is 0 Å². The van der Waals surface area contributed by atoms with Crippen molar-refractivity contribution in [1.82, 2.24) is 9.46 Å². The molecule has 21 heavy (non-hydrogen) atoms. The summed E-state index contributed by atoms with van der Waals surface area (Å²) in [6.07, 6.45) is 0.646. The van der Waals surface area contributed by atoms with Gasteiger partial charge in [0.25, 0.3) is 0 Å². The van der Waals surface area contributed by atoms with Crippen molar-refractivity contribution in [3.05, 3.63) is 46.8 Å². The first-order chi connectivity index (χ1) is 9.94. The number of hydrogen-bond acceptors (Lipinski definition) is 5. The van der Waals surface area contributed by atoms with Crippen molar-refractivity contribution in [3.8, 4) is 5.75 Å². The Morgan fingerprint density at radius 1 is 1.33 bits per heavy atom. The molecule has 0 saturated carbocycles. The Labute approximate surface area is 123 Å². The van der Waals surface area contributed by atoms with E-state index in [0.717, 1.165) is 11.1 Å². The second kappa shape index (κ2) is 5.16. The summed E-state index contributed by atoms with van der Waals surface area (Å²) in [5.41, 5.74) is 2.34. The number of rotatable bonds is 3. The molecule has 1 aromatic carbocycles. The van der Waals surface area contributed by atoms with Gasteiger partial charge in [0.05, 0.1) is 0 Å². The first-order valence-corrected chi connectivity index (χ1v) is 8.26. The molecule has 112 valence electrons. The molecule has 0 atom stereocenters. The molecule has 1 aromatic heterocycles. The molecular weight excluding hydrogens is 292 g/mol. The van der Waals surface area contributed by atoms with E-state index in [0.29, 0.717) is 24.4 Å². The van der Waals surface area contributed by atoms with Gasteiger partial charge in [0.15, 0.2) is 0 Å². The first kappa shape index (κ1) is 14.1. The molecule has 0 saturated heterocycles. The largest absolute Gasteiger partial charge is 0.508 e. The van der Waals surface area contributed by atoms with E-state index in [1.54, 1.807) is 25.1 Å². The van der Waals surface area contributed by atoms with Crippen LogP contribution in [0.4, 0.5) is 0 Å². The lowest BCUT2D eigenvalue weighted by Crippen LogP contribution is -2.36. The maximum atomic E-state index is 12.4. The number of nitrogens with zero attached hydrogens (tertiary/aromatic N) is 2. The van der Waals surface area contributed by atoms with E-state index in [9.17, 15) is 13.5 Å². The molecule has 1 aliphatic rings. The summed E-state index contributed by atoms with van der Waals surface area (Å²) in [6, 6.07) is 6.72. The van der Waals surface area contributed by atoms with Crippen molar-refractivity contribution in [3.63, 3.8) is 0 Å². The second-order valence-electron chi connectivity index (χ2n) is 5.22. The van der Waals surface area contributed by atoms with Crippen LogP contribution in [-0.2, 0) is 28.7 Å². The number of benzene rings is 1. The number of aromatic hydroxyl groups is 1. The van der Waals surface area contributed by atoms with E-state index in [1.165, 1.54) is 4.31 Å². The summed E-state index contributed by atoms with van der Waals surface area (Å²) in [5.74, 6) is 0.576. The highest BCUT2D eigenvalue weighted by atomic mass is 32.2. The maximum Gasteiger partial charge on any atom is 0.220 e. The zero-order valence-electron chi connectivity index (χ0n) is 11.6. The molecule has 2 heterocycles. The Morgan fingerprint density at radius 3 is 2.86 bits per heavy atom. The fraction of sp³-hybridized carbons (Fsp3) is 0.357. The second-order valence-corrected chi connectivity index (χ2v) is 7.19. The van der Waals surface area contributed by atoms with Gasteiger partial charge in [-0.2, -0.15) is 4.31 Å². The number of phenols is 1. The van der Waals surface area contributed by atoms with Gasteiger partial charge in [-0.25, -0.2) is 8.42 Å². The van der Waals surface area contributed by atoms with E-state index in [1.807, 2.05) is 6.07 Å². The minimum Gasteiger partial charge on any atom is -0.508 e. The van der Waals surface area contributed by atoms with Crippen LogP contribution in [-0.4, -0.2) is 29.5 Å². The van der Waals surface area contributed by atoms with Gasteiger partial charge in [0, 0.05) is 19.2 Å². The van der Waals surface area contributed by atoms with Gasteiger partial charge in [-0.15, -0.1) is 0 Å². The van der Waals surface area contributed by atoms with Crippen molar-refractivity contribution in [1.29, 1.82) is 0 Å². The Kier molecular flexibility index (Phi) is 3.46. The topological polar surface area (TPSA) is 83.6 Å². The summed E-state index contributed by atoms with van der Waals surface area (Å²) >= 11 is 0. The zero-order valence-corrected chi connectivity index (χ0v) is 12.4. The van der Waals surface area contributed by atoms with Crippen molar-refractivity contribution < 1.29 is 18.0 Å². The molecule has 2 aromatic rings. The van der Waals surface area contributed by atoms with Crippen LogP contribution in [0.5, 0.6) is 5.75 Å². The van der Waals surface area contributed by atoms with Crippen molar-refractivity contribution in [2.45, 2.75) is 25.6 Å². The Morgan fingerprint density at radius 2 is 2.14 bits per heavy atom. The molecule has 0 fully saturated rings. The van der Waals surface area contributed by atoms with E-state index in [4.69, 9.17) is 4.52 Å². The molecule has 6 nitrogen and oxygen atoms in total. The first-order valence-electron chi connectivity index (χ1n) is 6.65. The van der Waals surface area contributed by atoms with Crippen LogP contribution in [0, 0.1) is 6.92 Å². The summed E-state index contributed by atoms with van der Waals surface area (Å²) in [7, 11) is -3.45. The fourth-order valence-corrected chi connectivity index (χ4v) is 3.92. The van der Waals surface area contributed by atoms with Gasteiger partial charge in [-0.1, -0.05) is 11.2 Å². The van der Waals surface area contributed by atoms with E-state index in [-0.39, 0.29) is 18.0 Å². The zero-order chi connectivity index (χ0) is 15.0. The fourth-order valence-electron chi connectivity index (χ4n) is 2.52. The lowest BCUT2D eigenvalue weighted by molar-refractivity contribution is 0.381. The van der Waals surface area contributed by atoms with Gasteiger partial charge in [0.1, 0.15) is 23.0 Å². The molecule has 1 N–H and O–H groups in total. The third kappa shape index (κ3) is 2.93. The van der Waals surface area contributed by atoms with E-state index < -0.39 is 10.0 Å². The Hall–Kier alpha value is -1.86. The Bertz CT molecular complexity index is 767. The van der Waals surface area contributed by atoms with Crippen molar-refractivity contribution >= 4 is 10.0 Å². The highest BCUT2D eigenvalue weighted by Gasteiger charge is 2.28. The van der Waals surface area contributed by atoms with Crippen LogP contribution < -0.4 is 0 Å². The van der Waals surface area contributed by atoms with Crippen molar-refractivity contribution in [2.75, 3.05) is 6.54 Å².